The summed E-state index contributed by atoms with van der Waals surface area (Å²) in [5.41, 5.74) is 0.528. The third kappa shape index (κ3) is 4.60. The van der Waals surface area contributed by atoms with Gasteiger partial charge in [0.2, 0.25) is 5.91 Å². The number of anilines is 2. The Morgan fingerprint density at radius 2 is 1.77 bits per heavy atom. The van der Waals surface area contributed by atoms with Crippen LogP contribution in [0.4, 0.5) is 11.5 Å². The fourth-order valence-corrected chi connectivity index (χ4v) is 3.34. The van der Waals surface area contributed by atoms with Crippen molar-refractivity contribution < 1.29 is 4.79 Å². The van der Waals surface area contributed by atoms with Crippen LogP contribution in [0, 0.1) is 0 Å². The summed E-state index contributed by atoms with van der Waals surface area (Å²) in [5.74, 6) is 0.795. The number of benzene rings is 1. The van der Waals surface area contributed by atoms with Gasteiger partial charge in [-0.15, -0.1) is 0 Å². The second kappa shape index (κ2) is 8.44. The van der Waals surface area contributed by atoms with Crippen molar-refractivity contribution in [2.75, 3.05) is 36.4 Å². The van der Waals surface area contributed by atoms with E-state index in [9.17, 15) is 4.79 Å². The number of nitrogens with zero attached hydrogens (tertiary/aromatic N) is 3. The molecule has 5 nitrogen and oxygen atoms in total. The first-order chi connectivity index (χ1) is 12.4. The van der Waals surface area contributed by atoms with Gasteiger partial charge in [0.15, 0.2) is 0 Å². The molecule has 1 atom stereocenters. The number of hydrogen-bond acceptors (Lipinski definition) is 4. The van der Waals surface area contributed by atoms with E-state index in [-0.39, 0.29) is 11.9 Å². The quantitative estimate of drug-likeness (QED) is 0.816. The molecule has 8 heteroatoms. The number of amides is 1. The molecule has 2 aromatic rings. The second-order valence-electron chi connectivity index (χ2n) is 6.15. The summed E-state index contributed by atoms with van der Waals surface area (Å²) in [7, 11) is 0. The molecule has 2 heterocycles. The lowest BCUT2D eigenvalue weighted by Crippen LogP contribution is -2.53. The number of hydrogen-bond donors (Lipinski definition) is 1. The minimum Gasteiger partial charge on any atom is -0.354 e. The first-order valence-electron chi connectivity index (χ1n) is 8.30. The number of aromatic nitrogens is 1. The van der Waals surface area contributed by atoms with Gasteiger partial charge in [-0.2, -0.15) is 0 Å². The topological polar surface area (TPSA) is 48.5 Å². The van der Waals surface area contributed by atoms with Crippen LogP contribution in [0.5, 0.6) is 0 Å². The highest BCUT2D eigenvalue weighted by Crippen LogP contribution is 2.26. The zero-order valence-electron chi connectivity index (χ0n) is 14.3. The van der Waals surface area contributed by atoms with Crippen molar-refractivity contribution in [1.29, 1.82) is 0 Å². The van der Waals surface area contributed by atoms with Crippen molar-refractivity contribution in [1.82, 2.24) is 9.88 Å². The number of pyridine rings is 1. The largest absolute Gasteiger partial charge is 0.354 e. The van der Waals surface area contributed by atoms with Crippen LogP contribution in [0.15, 0.2) is 36.5 Å². The Morgan fingerprint density at radius 3 is 2.42 bits per heavy atom. The Morgan fingerprint density at radius 1 is 1.08 bits per heavy atom. The number of halogens is 3. The number of carbonyl (C=O) groups is 1. The maximum absolute atomic E-state index is 12.6. The lowest BCUT2D eigenvalue weighted by Gasteiger charge is -2.38. The molecule has 26 heavy (non-hydrogen) atoms. The molecule has 1 aromatic heterocycles. The molecule has 1 N–H and O–H groups in total. The summed E-state index contributed by atoms with van der Waals surface area (Å²) in [4.78, 5) is 21.2. The van der Waals surface area contributed by atoms with E-state index in [4.69, 9.17) is 34.8 Å². The van der Waals surface area contributed by atoms with E-state index in [0.29, 0.717) is 20.8 Å². The van der Waals surface area contributed by atoms with Crippen molar-refractivity contribution in [2.45, 2.75) is 13.0 Å². The maximum Gasteiger partial charge on any atom is 0.241 e. The van der Waals surface area contributed by atoms with Gasteiger partial charge in [0, 0.05) is 37.4 Å². The number of rotatable bonds is 4. The molecular formula is C18H19Cl3N4O. The molecule has 1 aliphatic rings. The Kier molecular flexibility index (Phi) is 6.24. The van der Waals surface area contributed by atoms with Gasteiger partial charge in [0.1, 0.15) is 5.82 Å². The molecule has 1 fully saturated rings. The minimum atomic E-state index is -0.273. The van der Waals surface area contributed by atoms with Gasteiger partial charge in [-0.25, -0.2) is 4.98 Å². The smallest absolute Gasteiger partial charge is 0.241 e. The number of carbonyl (C=O) groups excluding carboxylic acids is 1. The van der Waals surface area contributed by atoms with Crippen LogP contribution in [0.2, 0.25) is 15.1 Å². The summed E-state index contributed by atoms with van der Waals surface area (Å²) in [6, 6.07) is 8.48. The highest BCUT2D eigenvalue weighted by atomic mass is 35.5. The van der Waals surface area contributed by atoms with Gasteiger partial charge in [0.25, 0.3) is 0 Å². The molecule has 0 saturated carbocycles. The summed E-state index contributed by atoms with van der Waals surface area (Å²) < 4.78 is 0. The van der Waals surface area contributed by atoms with Crippen molar-refractivity contribution in [2.24, 2.45) is 0 Å². The standard InChI is InChI=1S/C18H19Cl3N4O/c1-12(18(26)23-16-10-13(19)2-4-15(16)21)24-6-8-25(9-7-24)17-5-3-14(20)11-22-17/h2-5,10-12H,6-9H2,1H3,(H,23,26). The van der Waals surface area contributed by atoms with Gasteiger partial charge in [-0.1, -0.05) is 34.8 Å². The Labute approximate surface area is 167 Å². The molecular weight excluding hydrogens is 395 g/mol. The molecule has 1 unspecified atom stereocenters. The van der Waals surface area contributed by atoms with Crippen LogP contribution < -0.4 is 10.2 Å². The van der Waals surface area contributed by atoms with E-state index in [1.807, 2.05) is 19.1 Å². The maximum atomic E-state index is 12.6. The molecule has 0 spiro atoms. The Bertz CT molecular complexity index is 777. The van der Waals surface area contributed by atoms with Crippen molar-refractivity contribution in [3.05, 3.63) is 51.6 Å². The lowest BCUT2D eigenvalue weighted by atomic mass is 10.2. The van der Waals surface area contributed by atoms with Gasteiger partial charge in [0.05, 0.1) is 21.8 Å². The molecule has 0 radical (unpaired) electrons. The molecule has 138 valence electrons. The summed E-state index contributed by atoms with van der Waals surface area (Å²) >= 11 is 18.0. The van der Waals surface area contributed by atoms with Crippen LogP contribution in [-0.2, 0) is 4.79 Å². The van der Waals surface area contributed by atoms with Crippen LogP contribution in [-0.4, -0.2) is 48.0 Å². The number of nitrogens with one attached hydrogen (secondary N) is 1. The van der Waals surface area contributed by atoms with Crippen LogP contribution in [0.25, 0.3) is 0 Å². The third-order valence-corrected chi connectivity index (χ3v) is 5.25. The summed E-state index contributed by atoms with van der Waals surface area (Å²) in [5, 5.41) is 4.48. The fourth-order valence-electron chi connectivity index (χ4n) is 2.89. The number of piperazine rings is 1. The van der Waals surface area contributed by atoms with Gasteiger partial charge >= 0.3 is 0 Å². The van der Waals surface area contributed by atoms with Gasteiger partial charge < -0.3 is 10.2 Å². The average molecular weight is 414 g/mol. The molecule has 1 saturated heterocycles. The first kappa shape index (κ1) is 19.2. The monoisotopic (exact) mass is 412 g/mol. The van der Waals surface area contributed by atoms with E-state index in [0.717, 1.165) is 32.0 Å². The predicted molar refractivity (Wildman–Crippen MR) is 108 cm³/mol. The van der Waals surface area contributed by atoms with E-state index < -0.39 is 0 Å². The predicted octanol–water partition coefficient (Wildman–Crippen LogP) is 4.19. The molecule has 1 aromatic carbocycles. The highest BCUT2D eigenvalue weighted by molar-refractivity contribution is 6.35. The second-order valence-corrected chi connectivity index (χ2v) is 7.43. The van der Waals surface area contributed by atoms with E-state index in [2.05, 4.69) is 20.1 Å². The first-order valence-corrected chi connectivity index (χ1v) is 9.44. The van der Waals surface area contributed by atoms with Crippen LogP contribution in [0.1, 0.15) is 6.92 Å². The summed E-state index contributed by atoms with van der Waals surface area (Å²) in [6.07, 6.45) is 1.65. The minimum absolute atomic E-state index is 0.104. The molecule has 0 bridgehead atoms. The van der Waals surface area contributed by atoms with Crippen molar-refractivity contribution in [3.63, 3.8) is 0 Å². The highest BCUT2D eigenvalue weighted by Gasteiger charge is 2.26. The Hall–Kier alpha value is -1.53. The van der Waals surface area contributed by atoms with Gasteiger partial charge in [-0.05, 0) is 37.3 Å². The third-order valence-electron chi connectivity index (χ3n) is 4.46. The lowest BCUT2D eigenvalue weighted by molar-refractivity contribution is -0.120. The van der Waals surface area contributed by atoms with E-state index in [1.165, 1.54) is 0 Å². The summed E-state index contributed by atoms with van der Waals surface area (Å²) in [6.45, 7) is 5.02. The average Bonchev–Trinajstić information content (AvgIpc) is 2.65. The van der Waals surface area contributed by atoms with E-state index in [1.54, 1.807) is 24.4 Å². The Balaban J connectivity index is 1.57. The zero-order valence-corrected chi connectivity index (χ0v) is 16.5. The fraction of sp³-hybridized carbons (Fsp3) is 0.333. The van der Waals surface area contributed by atoms with Crippen molar-refractivity contribution >= 4 is 52.2 Å². The van der Waals surface area contributed by atoms with Crippen LogP contribution >= 0.6 is 34.8 Å². The zero-order chi connectivity index (χ0) is 18.7. The van der Waals surface area contributed by atoms with Gasteiger partial charge in [-0.3, -0.25) is 9.69 Å². The molecule has 3 rings (SSSR count). The van der Waals surface area contributed by atoms with Crippen molar-refractivity contribution in [3.8, 4) is 0 Å². The molecule has 1 amide bonds. The molecule has 0 aliphatic carbocycles. The van der Waals surface area contributed by atoms with E-state index >= 15 is 0 Å². The van der Waals surface area contributed by atoms with Crippen LogP contribution in [0.3, 0.4) is 0 Å². The normalized spacial score (nSPS) is 16.4. The molecule has 1 aliphatic heterocycles. The SMILES string of the molecule is CC(C(=O)Nc1cc(Cl)ccc1Cl)N1CCN(c2ccc(Cl)cn2)CC1.